The molecule has 0 saturated carbocycles. The molecule has 0 radical (unpaired) electrons. The number of hydrogen-bond acceptors (Lipinski definition) is 4. The number of carbonyl (C=O) groups is 1. The lowest BCUT2D eigenvalue weighted by molar-refractivity contribution is -0.137. The molecule has 0 amide bonds. The van der Waals surface area contributed by atoms with E-state index in [1.807, 2.05) is 0 Å². The Bertz CT molecular complexity index is 249. The molecule has 0 unspecified atom stereocenters. The summed E-state index contributed by atoms with van der Waals surface area (Å²) in [5, 5.41) is 0. The largest absolute Gasteiger partial charge is 0.463 e. The lowest BCUT2D eigenvalue weighted by Crippen LogP contribution is -2.40. The van der Waals surface area contributed by atoms with Gasteiger partial charge in [0.2, 0.25) is 0 Å². The molecule has 106 valence electrons. The second-order valence-corrected chi connectivity index (χ2v) is 8.36. The highest BCUT2D eigenvalue weighted by molar-refractivity contribution is 6.67. The number of carbonyl (C=O) groups excluding carboxylic acids is 1. The van der Waals surface area contributed by atoms with Gasteiger partial charge in [0, 0.05) is 20.3 Å². The molecule has 0 aromatic carbocycles. The van der Waals surface area contributed by atoms with E-state index >= 15 is 0 Å². The van der Waals surface area contributed by atoms with Gasteiger partial charge in [0.15, 0.2) is 0 Å². The van der Waals surface area contributed by atoms with Crippen molar-refractivity contribution in [2.75, 3.05) is 20.8 Å². The van der Waals surface area contributed by atoms with Gasteiger partial charge < -0.3 is 13.6 Å². The number of hydrogen-bond donors (Lipinski definition) is 0. The smallest absolute Gasteiger partial charge is 0.337 e. The van der Waals surface area contributed by atoms with E-state index in [4.69, 9.17) is 13.6 Å². The van der Waals surface area contributed by atoms with Gasteiger partial charge in [-0.1, -0.05) is 20.4 Å². The van der Waals surface area contributed by atoms with E-state index < -0.39 is 8.56 Å². The molecule has 0 aliphatic rings. The summed E-state index contributed by atoms with van der Waals surface area (Å²) < 4.78 is 16.2. The van der Waals surface area contributed by atoms with E-state index in [0.717, 1.165) is 24.9 Å². The second kappa shape index (κ2) is 9.30. The molecule has 0 heterocycles. The zero-order valence-electron chi connectivity index (χ0n) is 12.0. The summed E-state index contributed by atoms with van der Waals surface area (Å²) in [6.07, 6.45) is 3.04. The highest BCUT2D eigenvalue weighted by atomic mass is 28.4. The van der Waals surface area contributed by atoms with Crippen LogP contribution in [0, 0.1) is 5.92 Å². The van der Waals surface area contributed by atoms with Crippen LogP contribution >= 0.6 is 0 Å². The van der Waals surface area contributed by atoms with E-state index in [0.29, 0.717) is 12.5 Å². The van der Waals surface area contributed by atoms with Crippen molar-refractivity contribution in [3.63, 3.8) is 0 Å². The van der Waals surface area contributed by atoms with Crippen LogP contribution in [0.15, 0.2) is 12.7 Å². The Morgan fingerprint density at radius 2 is 1.89 bits per heavy atom. The van der Waals surface area contributed by atoms with Crippen LogP contribution in [0.25, 0.3) is 0 Å². The SMILES string of the molecule is C=CC(=O)OCCC[Si](CCC(C)C)(OC)OC. The van der Waals surface area contributed by atoms with Crippen LogP contribution in [0.5, 0.6) is 0 Å². The lowest BCUT2D eigenvalue weighted by Gasteiger charge is -2.28. The minimum Gasteiger partial charge on any atom is -0.463 e. The van der Waals surface area contributed by atoms with Crippen LogP contribution in [0.2, 0.25) is 12.1 Å². The van der Waals surface area contributed by atoms with Crippen molar-refractivity contribution in [2.45, 2.75) is 38.8 Å². The molecule has 0 aromatic heterocycles. The molecule has 4 nitrogen and oxygen atoms in total. The maximum atomic E-state index is 10.9. The van der Waals surface area contributed by atoms with Gasteiger partial charge in [-0.05, 0) is 30.8 Å². The van der Waals surface area contributed by atoms with Gasteiger partial charge in [-0.3, -0.25) is 0 Å². The van der Waals surface area contributed by atoms with E-state index in [9.17, 15) is 4.79 Å². The third-order valence-electron chi connectivity index (χ3n) is 2.96. The van der Waals surface area contributed by atoms with Crippen LogP contribution in [0.3, 0.4) is 0 Å². The monoisotopic (exact) mass is 274 g/mol. The van der Waals surface area contributed by atoms with E-state index in [1.54, 1.807) is 14.2 Å². The second-order valence-electron chi connectivity index (χ2n) is 4.73. The molecule has 5 heteroatoms. The first-order chi connectivity index (χ1) is 8.49. The van der Waals surface area contributed by atoms with Gasteiger partial charge in [0.25, 0.3) is 0 Å². The van der Waals surface area contributed by atoms with E-state index in [2.05, 4.69) is 20.4 Å². The fourth-order valence-corrected chi connectivity index (χ4v) is 4.63. The minimum absolute atomic E-state index is 0.376. The molecule has 0 aromatic rings. The summed E-state index contributed by atoms with van der Waals surface area (Å²) in [7, 11) is 1.32. The highest BCUT2D eigenvalue weighted by Gasteiger charge is 2.34. The maximum absolute atomic E-state index is 10.9. The summed E-state index contributed by atoms with van der Waals surface area (Å²) in [6.45, 7) is 8.13. The maximum Gasteiger partial charge on any atom is 0.337 e. The normalized spacial score (nSPS) is 11.6. The summed E-state index contributed by atoms with van der Waals surface area (Å²) >= 11 is 0. The fourth-order valence-electron chi connectivity index (χ4n) is 1.70. The van der Waals surface area contributed by atoms with E-state index in [1.165, 1.54) is 6.08 Å². The molecular formula is C13H26O4Si. The van der Waals surface area contributed by atoms with Gasteiger partial charge in [-0.15, -0.1) is 0 Å². The standard InChI is InChI=1S/C13H26O4Si/c1-6-13(14)17-9-7-10-18(15-4,16-5)11-8-12(2)3/h6,12H,1,7-11H2,2-5H3. The Hall–Kier alpha value is -0.653. The molecule has 0 N–H and O–H groups in total. The molecule has 0 aliphatic heterocycles. The first-order valence-electron chi connectivity index (χ1n) is 6.39. The number of esters is 1. The first-order valence-corrected chi connectivity index (χ1v) is 8.62. The van der Waals surface area contributed by atoms with E-state index in [-0.39, 0.29) is 5.97 Å². The van der Waals surface area contributed by atoms with Crippen molar-refractivity contribution < 1.29 is 18.4 Å². The van der Waals surface area contributed by atoms with Crippen molar-refractivity contribution in [3.8, 4) is 0 Å². The van der Waals surface area contributed by atoms with Crippen molar-refractivity contribution >= 4 is 14.5 Å². The fraction of sp³-hybridized carbons (Fsp3) is 0.769. The highest BCUT2D eigenvalue weighted by Crippen LogP contribution is 2.23. The van der Waals surface area contributed by atoms with Crippen molar-refractivity contribution in [1.29, 1.82) is 0 Å². The van der Waals surface area contributed by atoms with Gasteiger partial charge in [0.1, 0.15) is 0 Å². The van der Waals surface area contributed by atoms with Gasteiger partial charge >= 0.3 is 14.5 Å². The Morgan fingerprint density at radius 1 is 1.28 bits per heavy atom. The van der Waals surface area contributed by atoms with Crippen LogP contribution < -0.4 is 0 Å². The molecule has 0 fully saturated rings. The molecule has 18 heavy (non-hydrogen) atoms. The van der Waals surface area contributed by atoms with Gasteiger partial charge in [-0.25, -0.2) is 4.79 Å². The molecular weight excluding hydrogens is 248 g/mol. The predicted octanol–water partition coefficient (Wildman–Crippen LogP) is 2.89. The van der Waals surface area contributed by atoms with Gasteiger partial charge in [0.05, 0.1) is 6.61 Å². The summed E-state index contributed by atoms with van der Waals surface area (Å²) in [4.78, 5) is 10.9. The van der Waals surface area contributed by atoms with Crippen LogP contribution in [0.4, 0.5) is 0 Å². The summed E-state index contributed by atoms with van der Waals surface area (Å²) in [5.74, 6) is 0.264. The zero-order chi connectivity index (χ0) is 14.0. The van der Waals surface area contributed by atoms with Crippen LogP contribution in [-0.4, -0.2) is 35.4 Å². The average molecular weight is 274 g/mol. The van der Waals surface area contributed by atoms with Crippen LogP contribution in [-0.2, 0) is 18.4 Å². The van der Waals surface area contributed by atoms with Crippen molar-refractivity contribution in [2.24, 2.45) is 5.92 Å². The topological polar surface area (TPSA) is 44.8 Å². The Labute approximate surface area is 112 Å². The van der Waals surface area contributed by atoms with Crippen LogP contribution in [0.1, 0.15) is 26.7 Å². The Morgan fingerprint density at radius 3 is 2.33 bits per heavy atom. The third kappa shape index (κ3) is 6.93. The first kappa shape index (κ1) is 17.3. The molecule has 0 atom stereocenters. The summed E-state index contributed by atoms with van der Waals surface area (Å²) in [6, 6.07) is 1.82. The molecule has 0 bridgehead atoms. The number of rotatable bonds is 10. The Kier molecular flexibility index (Phi) is 8.96. The molecule has 0 rings (SSSR count). The molecule has 0 spiro atoms. The zero-order valence-corrected chi connectivity index (χ0v) is 13.0. The average Bonchev–Trinajstić information content (AvgIpc) is 2.38. The number of ether oxygens (including phenoxy) is 1. The quantitative estimate of drug-likeness (QED) is 0.266. The Balaban J connectivity index is 4.09. The third-order valence-corrected chi connectivity index (χ3v) is 6.61. The molecule has 0 saturated heterocycles. The molecule has 0 aliphatic carbocycles. The van der Waals surface area contributed by atoms with Crippen molar-refractivity contribution in [3.05, 3.63) is 12.7 Å². The van der Waals surface area contributed by atoms with Gasteiger partial charge in [-0.2, -0.15) is 0 Å². The lowest BCUT2D eigenvalue weighted by atomic mass is 10.2. The minimum atomic E-state index is -2.11. The van der Waals surface area contributed by atoms with Crippen molar-refractivity contribution in [1.82, 2.24) is 0 Å². The summed E-state index contributed by atoms with van der Waals surface area (Å²) in [5.41, 5.74) is 0. The predicted molar refractivity (Wildman–Crippen MR) is 74.6 cm³/mol.